The lowest BCUT2D eigenvalue weighted by atomic mass is 10.1. The molecule has 75 heavy (non-hydrogen) atoms. The molecule has 0 aromatic carbocycles. The molecule has 0 aliphatic heterocycles. The molecule has 6 nitrogen and oxygen atoms in total. The lowest BCUT2D eigenvalue weighted by Gasteiger charge is -2.18. The summed E-state index contributed by atoms with van der Waals surface area (Å²) < 4.78 is 16.8. The molecular formula is C69H112O6. The fourth-order valence-corrected chi connectivity index (χ4v) is 8.12. The van der Waals surface area contributed by atoms with Gasteiger partial charge in [-0.05, 0) is 116 Å². The van der Waals surface area contributed by atoms with Crippen LogP contribution in [0.15, 0.2) is 134 Å². The molecule has 0 bridgehead atoms. The molecule has 0 heterocycles. The lowest BCUT2D eigenvalue weighted by Crippen LogP contribution is -2.30. The van der Waals surface area contributed by atoms with E-state index in [2.05, 4.69) is 154 Å². The third-order valence-corrected chi connectivity index (χ3v) is 12.7. The first kappa shape index (κ1) is 70.5. The van der Waals surface area contributed by atoms with Crippen LogP contribution in [0.2, 0.25) is 0 Å². The van der Waals surface area contributed by atoms with Crippen molar-refractivity contribution < 1.29 is 28.6 Å². The average molecular weight is 1040 g/mol. The van der Waals surface area contributed by atoms with Crippen LogP contribution in [0.3, 0.4) is 0 Å². The van der Waals surface area contributed by atoms with Crippen LogP contribution in [0.5, 0.6) is 0 Å². The van der Waals surface area contributed by atoms with Gasteiger partial charge < -0.3 is 14.2 Å². The summed E-state index contributed by atoms with van der Waals surface area (Å²) in [5.41, 5.74) is 0. The van der Waals surface area contributed by atoms with Gasteiger partial charge in [-0.2, -0.15) is 0 Å². The predicted octanol–water partition coefficient (Wildman–Crippen LogP) is 21.0. The number of allylic oxidation sites excluding steroid dienone is 22. The molecule has 0 saturated heterocycles. The van der Waals surface area contributed by atoms with Gasteiger partial charge in [-0.15, -0.1) is 0 Å². The predicted molar refractivity (Wildman–Crippen MR) is 325 cm³/mol. The molecule has 0 aliphatic carbocycles. The molecule has 0 radical (unpaired) electrons. The number of rotatable bonds is 54. The SMILES string of the molecule is CC/C=C\C/C=C\C/C=C\C/C=C\C/C=C\C/C=C\C/C=C\CCCCCCCCCC(=O)OCC(COC(=O)CCCCCCCCC)OC(=O)CCCCCCCCCC/C=C\C/C=C\C/C=C\C/C=C\CC. The van der Waals surface area contributed by atoms with Crippen LogP contribution in [0.4, 0.5) is 0 Å². The molecule has 6 heteroatoms. The number of unbranched alkanes of at least 4 members (excludes halogenated alkanes) is 21. The highest BCUT2D eigenvalue weighted by molar-refractivity contribution is 5.71. The van der Waals surface area contributed by atoms with E-state index in [0.29, 0.717) is 19.3 Å². The van der Waals surface area contributed by atoms with E-state index in [1.54, 1.807) is 0 Å². The van der Waals surface area contributed by atoms with Crippen LogP contribution in [0.1, 0.15) is 265 Å². The van der Waals surface area contributed by atoms with Gasteiger partial charge in [-0.3, -0.25) is 14.4 Å². The van der Waals surface area contributed by atoms with Gasteiger partial charge >= 0.3 is 17.9 Å². The molecule has 0 rings (SSSR count). The summed E-state index contributed by atoms with van der Waals surface area (Å²) in [6.45, 7) is 6.35. The van der Waals surface area contributed by atoms with Crippen molar-refractivity contribution in [2.75, 3.05) is 13.2 Å². The zero-order valence-electron chi connectivity index (χ0n) is 48.5. The summed E-state index contributed by atoms with van der Waals surface area (Å²) in [6, 6.07) is 0. The maximum atomic E-state index is 12.8. The van der Waals surface area contributed by atoms with Crippen LogP contribution >= 0.6 is 0 Å². The van der Waals surface area contributed by atoms with Gasteiger partial charge in [0.25, 0.3) is 0 Å². The zero-order valence-corrected chi connectivity index (χ0v) is 48.5. The molecule has 0 N–H and O–H groups in total. The number of hydrogen-bond donors (Lipinski definition) is 0. The first-order chi connectivity index (χ1) is 37.0. The Morgan fingerprint density at radius 3 is 0.813 bits per heavy atom. The maximum Gasteiger partial charge on any atom is 0.306 e. The monoisotopic (exact) mass is 1040 g/mol. The van der Waals surface area contributed by atoms with Gasteiger partial charge in [-0.1, -0.05) is 264 Å². The summed E-state index contributed by atoms with van der Waals surface area (Å²) in [5, 5.41) is 0. The first-order valence-corrected chi connectivity index (χ1v) is 30.7. The van der Waals surface area contributed by atoms with Crippen molar-refractivity contribution in [2.45, 2.75) is 271 Å². The molecular weight excluding hydrogens is 925 g/mol. The van der Waals surface area contributed by atoms with Crippen molar-refractivity contribution >= 4 is 17.9 Å². The smallest absolute Gasteiger partial charge is 0.306 e. The summed E-state index contributed by atoms with van der Waals surface area (Å²) in [7, 11) is 0. The van der Waals surface area contributed by atoms with Crippen molar-refractivity contribution in [3.8, 4) is 0 Å². The summed E-state index contributed by atoms with van der Waals surface area (Å²) >= 11 is 0. The van der Waals surface area contributed by atoms with Crippen LogP contribution in [-0.2, 0) is 28.6 Å². The Bertz CT molecular complexity index is 1620. The van der Waals surface area contributed by atoms with Gasteiger partial charge in [0.05, 0.1) is 0 Å². The molecule has 424 valence electrons. The number of ether oxygens (including phenoxy) is 3. The minimum atomic E-state index is -0.789. The third-order valence-electron chi connectivity index (χ3n) is 12.7. The first-order valence-electron chi connectivity index (χ1n) is 30.7. The Labute approximate surface area is 462 Å². The van der Waals surface area contributed by atoms with E-state index < -0.39 is 6.10 Å². The van der Waals surface area contributed by atoms with E-state index in [1.807, 2.05) is 0 Å². The molecule has 0 aliphatic rings. The molecule has 1 unspecified atom stereocenters. The number of carbonyl (C=O) groups excluding carboxylic acids is 3. The van der Waals surface area contributed by atoms with Crippen LogP contribution in [0, 0.1) is 0 Å². The second-order valence-electron chi connectivity index (χ2n) is 19.9. The second-order valence-corrected chi connectivity index (χ2v) is 19.9. The summed E-state index contributed by atoms with van der Waals surface area (Å²) in [5.74, 6) is -0.915. The van der Waals surface area contributed by atoms with E-state index in [4.69, 9.17) is 14.2 Å². The summed E-state index contributed by atoms with van der Waals surface area (Å²) in [6.07, 6.45) is 87.5. The highest BCUT2D eigenvalue weighted by Crippen LogP contribution is 2.15. The topological polar surface area (TPSA) is 78.9 Å². The standard InChI is InChI=1S/C69H112O6/c1-4-7-10-13-16-18-20-22-24-26-28-30-31-32-33-34-35-36-37-39-40-42-44-46-48-50-53-56-59-62-68(71)74-65-66(64-73-67(70)61-58-55-52-15-12-9-6-3)75-69(72)63-60-57-54-51-49-47-45-43-41-38-29-27-25-23-21-19-17-14-11-8-5-2/h7-8,10-11,16-19,22-25,28-30,32-33,35-36,38-40,66H,4-6,9,12-15,20-21,26-27,31,34,37,41-65H2,1-3H3/b10-7-,11-8-,18-16-,19-17-,24-22-,25-23-,30-28-,33-32-,36-35-,38-29-,40-39-. The van der Waals surface area contributed by atoms with E-state index in [-0.39, 0.29) is 31.1 Å². The Balaban J connectivity index is 4.22. The van der Waals surface area contributed by atoms with Crippen molar-refractivity contribution in [3.05, 3.63) is 134 Å². The van der Waals surface area contributed by atoms with Gasteiger partial charge in [-0.25, -0.2) is 0 Å². The fourth-order valence-electron chi connectivity index (χ4n) is 8.12. The molecule has 0 fully saturated rings. The van der Waals surface area contributed by atoms with Gasteiger partial charge in [0.15, 0.2) is 6.10 Å². The van der Waals surface area contributed by atoms with Gasteiger partial charge in [0.1, 0.15) is 13.2 Å². The molecule has 0 aromatic heterocycles. The second kappa shape index (κ2) is 62.1. The highest BCUT2D eigenvalue weighted by atomic mass is 16.6. The molecule has 0 aromatic rings. The Kier molecular flexibility index (Phi) is 58.4. The van der Waals surface area contributed by atoms with E-state index in [0.717, 1.165) is 141 Å². The largest absolute Gasteiger partial charge is 0.462 e. The van der Waals surface area contributed by atoms with Crippen molar-refractivity contribution in [1.29, 1.82) is 0 Å². The van der Waals surface area contributed by atoms with Crippen LogP contribution in [-0.4, -0.2) is 37.2 Å². The Morgan fingerprint density at radius 2 is 0.520 bits per heavy atom. The van der Waals surface area contributed by atoms with E-state index in [9.17, 15) is 14.4 Å². The number of hydrogen-bond acceptors (Lipinski definition) is 6. The molecule has 0 amide bonds. The van der Waals surface area contributed by atoms with E-state index >= 15 is 0 Å². The lowest BCUT2D eigenvalue weighted by molar-refractivity contribution is -0.167. The van der Waals surface area contributed by atoms with Gasteiger partial charge in [0, 0.05) is 19.3 Å². The highest BCUT2D eigenvalue weighted by Gasteiger charge is 2.19. The van der Waals surface area contributed by atoms with Crippen LogP contribution < -0.4 is 0 Å². The van der Waals surface area contributed by atoms with Crippen LogP contribution in [0.25, 0.3) is 0 Å². The number of carbonyl (C=O) groups is 3. The zero-order chi connectivity index (χ0) is 54.3. The maximum absolute atomic E-state index is 12.8. The normalized spacial score (nSPS) is 13.1. The Morgan fingerprint density at radius 1 is 0.280 bits per heavy atom. The minimum Gasteiger partial charge on any atom is -0.462 e. The summed E-state index contributed by atoms with van der Waals surface area (Å²) in [4.78, 5) is 38.0. The molecule has 1 atom stereocenters. The third kappa shape index (κ3) is 60.3. The van der Waals surface area contributed by atoms with Crippen molar-refractivity contribution in [1.82, 2.24) is 0 Å². The van der Waals surface area contributed by atoms with E-state index in [1.165, 1.54) is 83.5 Å². The minimum absolute atomic E-state index is 0.0874. The Hall–Kier alpha value is -4.45. The van der Waals surface area contributed by atoms with Crippen molar-refractivity contribution in [3.63, 3.8) is 0 Å². The van der Waals surface area contributed by atoms with Crippen molar-refractivity contribution in [2.24, 2.45) is 0 Å². The molecule has 0 saturated carbocycles. The fraction of sp³-hybridized carbons (Fsp3) is 0.638. The van der Waals surface area contributed by atoms with Gasteiger partial charge in [0.2, 0.25) is 0 Å². The number of esters is 3. The quantitative estimate of drug-likeness (QED) is 0.0261. The molecule has 0 spiro atoms. The average Bonchev–Trinajstić information content (AvgIpc) is 3.41.